The van der Waals surface area contributed by atoms with E-state index in [0.29, 0.717) is 31.3 Å². The molecule has 0 aliphatic rings. The minimum atomic E-state index is -0.344. The first-order chi connectivity index (χ1) is 12.0. The van der Waals surface area contributed by atoms with Gasteiger partial charge < -0.3 is 5.32 Å². The number of hydrogen-bond acceptors (Lipinski definition) is 4. The van der Waals surface area contributed by atoms with Crippen LogP contribution in [-0.2, 0) is 0 Å². The van der Waals surface area contributed by atoms with Crippen molar-refractivity contribution in [2.45, 2.75) is 0 Å². The first kappa shape index (κ1) is 17.9. The van der Waals surface area contributed by atoms with E-state index in [1.54, 1.807) is 36.4 Å². The maximum atomic E-state index is 12.2. The van der Waals surface area contributed by atoms with Crippen LogP contribution in [0.1, 0.15) is 20.4 Å². The third-order valence-electron chi connectivity index (χ3n) is 3.10. The molecule has 0 fully saturated rings. The zero-order chi connectivity index (χ0) is 17.8. The Hall–Kier alpha value is -1.92. The maximum absolute atomic E-state index is 12.2. The number of anilines is 1. The van der Waals surface area contributed by atoms with Crippen LogP contribution in [0.4, 0.5) is 5.69 Å². The number of amides is 1. The Labute approximate surface area is 163 Å². The van der Waals surface area contributed by atoms with Crippen molar-refractivity contribution in [1.29, 1.82) is 0 Å². The van der Waals surface area contributed by atoms with Gasteiger partial charge in [-0.25, -0.2) is 0 Å². The zero-order valence-corrected chi connectivity index (χ0v) is 15.6. The molecule has 1 N–H and O–H groups in total. The number of aromatic nitrogens is 2. The minimum Gasteiger partial charge on any atom is -0.320 e. The molecule has 3 rings (SSSR count). The van der Waals surface area contributed by atoms with Crippen LogP contribution < -0.4 is 5.32 Å². The maximum Gasteiger partial charge on any atom is 0.286 e. The first-order valence-electron chi connectivity index (χ1n) is 7.05. The second-order valence-corrected chi connectivity index (χ2v) is 7.12. The Morgan fingerprint density at radius 3 is 2.48 bits per heavy atom. The summed E-state index contributed by atoms with van der Waals surface area (Å²) in [5.74, 6) is -0.344. The number of nitrogens with one attached hydrogen (secondary N) is 1. The normalized spacial score (nSPS) is 11.4. The third kappa shape index (κ3) is 4.58. The van der Waals surface area contributed by atoms with Gasteiger partial charge in [-0.15, -0.1) is 10.2 Å². The summed E-state index contributed by atoms with van der Waals surface area (Å²) in [6, 6.07) is 14.2. The highest BCUT2D eigenvalue weighted by molar-refractivity contribution is 7.15. The standard InChI is InChI=1S/C17H10Cl3N3OS/c18-11-7-6-10(13(19)9-11)8-14(20)16-22-23-17(25-16)15(24)21-12-4-2-1-3-5-12/h1-9H,(H,21,24)/b14-8-. The zero-order valence-electron chi connectivity index (χ0n) is 12.5. The van der Waals surface area contributed by atoms with Gasteiger partial charge in [-0.05, 0) is 35.9 Å². The fraction of sp³-hybridized carbons (Fsp3) is 0. The van der Waals surface area contributed by atoms with Crippen LogP contribution in [0.5, 0.6) is 0 Å². The Morgan fingerprint density at radius 1 is 1.04 bits per heavy atom. The van der Waals surface area contributed by atoms with Crippen molar-refractivity contribution in [3.8, 4) is 0 Å². The van der Waals surface area contributed by atoms with Gasteiger partial charge in [0.15, 0.2) is 5.01 Å². The highest BCUT2D eigenvalue weighted by Gasteiger charge is 2.15. The molecule has 8 heteroatoms. The van der Waals surface area contributed by atoms with Crippen molar-refractivity contribution < 1.29 is 4.79 Å². The third-order valence-corrected chi connectivity index (χ3v) is 5.02. The molecule has 1 amide bonds. The minimum absolute atomic E-state index is 0.215. The predicted molar refractivity (Wildman–Crippen MR) is 104 cm³/mol. The Balaban J connectivity index is 1.78. The number of rotatable bonds is 4. The van der Waals surface area contributed by atoms with Crippen molar-refractivity contribution in [3.63, 3.8) is 0 Å². The highest BCUT2D eigenvalue weighted by Crippen LogP contribution is 2.29. The van der Waals surface area contributed by atoms with E-state index in [9.17, 15) is 4.79 Å². The molecule has 25 heavy (non-hydrogen) atoms. The molecular formula is C17H10Cl3N3OS. The van der Waals surface area contributed by atoms with Crippen LogP contribution in [0.15, 0.2) is 48.5 Å². The van der Waals surface area contributed by atoms with Crippen LogP contribution in [-0.4, -0.2) is 16.1 Å². The van der Waals surface area contributed by atoms with Gasteiger partial charge in [-0.3, -0.25) is 4.79 Å². The molecular weight excluding hydrogens is 401 g/mol. The summed E-state index contributed by atoms with van der Waals surface area (Å²) in [5.41, 5.74) is 1.38. The van der Waals surface area contributed by atoms with Gasteiger partial charge in [0.25, 0.3) is 5.91 Å². The number of nitrogens with zero attached hydrogens (tertiary/aromatic N) is 2. The lowest BCUT2D eigenvalue weighted by Crippen LogP contribution is -2.11. The van der Waals surface area contributed by atoms with Crippen LogP contribution in [0.25, 0.3) is 11.1 Å². The molecule has 0 aliphatic heterocycles. The topological polar surface area (TPSA) is 54.9 Å². The monoisotopic (exact) mass is 409 g/mol. The molecule has 0 atom stereocenters. The van der Waals surface area contributed by atoms with Crippen molar-refractivity contribution in [3.05, 3.63) is 74.2 Å². The number of halogens is 3. The second kappa shape index (κ2) is 7.97. The average molecular weight is 411 g/mol. The number of carbonyl (C=O) groups excluding carboxylic acids is 1. The van der Waals surface area contributed by atoms with Gasteiger partial charge in [-0.2, -0.15) is 0 Å². The molecule has 1 heterocycles. The molecule has 1 aromatic heterocycles. The highest BCUT2D eigenvalue weighted by atomic mass is 35.5. The van der Waals surface area contributed by atoms with E-state index in [2.05, 4.69) is 15.5 Å². The van der Waals surface area contributed by atoms with E-state index in [-0.39, 0.29) is 10.9 Å². The number of para-hydroxylation sites is 1. The average Bonchev–Trinajstić information content (AvgIpc) is 3.08. The first-order valence-corrected chi connectivity index (χ1v) is 9.00. The largest absolute Gasteiger partial charge is 0.320 e. The quantitative estimate of drug-likeness (QED) is 0.588. The fourth-order valence-electron chi connectivity index (χ4n) is 1.93. The fourth-order valence-corrected chi connectivity index (χ4v) is 3.32. The van der Waals surface area contributed by atoms with Crippen molar-refractivity contribution >= 4 is 68.8 Å². The van der Waals surface area contributed by atoms with Crippen LogP contribution in [0, 0.1) is 0 Å². The predicted octanol–water partition coefficient (Wildman–Crippen LogP) is 5.83. The summed E-state index contributed by atoms with van der Waals surface area (Å²) >= 11 is 19.4. The van der Waals surface area contributed by atoms with Gasteiger partial charge in [0.2, 0.25) is 5.01 Å². The summed E-state index contributed by atoms with van der Waals surface area (Å²) in [4.78, 5) is 12.2. The van der Waals surface area contributed by atoms with Crippen LogP contribution >= 0.6 is 46.1 Å². The van der Waals surface area contributed by atoms with Gasteiger partial charge in [0.1, 0.15) is 0 Å². The van der Waals surface area contributed by atoms with Crippen LogP contribution in [0.2, 0.25) is 10.0 Å². The van der Waals surface area contributed by atoms with E-state index >= 15 is 0 Å². The summed E-state index contributed by atoms with van der Waals surface area (Å²) in [6.45, 7) is 0. The molecule has 0 spiro atoms. The van der Waals surface area contributed by atoms with Crippen molar-refractivity contribution in [2.24, 2.45) is 0 Å². The SMILES string of the molecule is O=C(Nc1ccccc1)c1nnc(/C(Cl)=C/c2ccc(Cl)cc2Cl)s1. The van der Waals surface area contributed by atoms with E-state index in [1.165, 1.54) is 0 Å². The van der Waals surface area contributed by atoms with Gasteiger partial charge >= 0.3 is 0 Å². The van der Waals surface area contributed by atoms with E-state index in [0.717, 1.165) is 11.3 Å². The van der Waals surface area contributed by atoms with E-state index in [1.807, 2.05) is 18.2 Å². The molecule has 0 radical (unpaired) electrons. The van der Waals surface area contributed by atoms with Gasteiger partial charge in [0, 0.05) is 15.7 Å². The van der Waals surface area contributed by atoms with Crippen LogP contribution in [0.3, 0.4) is 0 Å². The van der Waals surface area contributed by atoms with Gasteiger partial charge in [0.05, 0.1) is 5.03 Å². The second-order valence-electron chi connectivity index (χ2n) is 4.89. The van der Waals surface area contributed by atoms with Crippen molar-refractivity contribution in [1.82, 2.24) is 10.2 Å². The molecule has 0 bridgehead atoms. The van der Waals surface area contributed by atoms with Gasteiger partial charge in [-0.1, -0.05) is 70.4 Å². The number of carbonyl (C=O) groups is 1. The summed E-state index contributed by atoms with van der Waals surface area (Å²) in [5, 5.41) is 12.6. The molecule has 0 unspecified atom stereocenters. The lowest BCUT2D eigenvalue weighted by atomic mass is 10.2. The molecule has 0 aliphatic carbocycles. The smallest absolute Gasteiger partial charge is 0.286 e. The lowest BCUT2D eigenvalue weighted by molar-refractivity contribution is 0.102. The van der Waals surface area contributed by atoms with Crippen molar-refractivity contribution in [2.75, 3.05) is 5.32 Å². The molecule has 2 aromatic carbocycles. The molecule has 3 aromatic rings. The van der Waals surface area contributed by atoms with E-state index < -0.39 is 0 Å². The summed E-state index contributed by atoms with van der Waals surface area (Å²) < 4.78 is 0. The molecule has 4 nitrogen and oxygen atoms in total. The summed E-state index contributed by atoms with van der Waals surface area (Å²) in [6.07, 6.45) is 1.65. The summed E-state index contributed by atoms with van der Waals surface area (Å²) in [7, 11) is 0. The van der Waals surface area contributed by atoms with E-state index in [4.69, 9.17) is 34.8 Å². The number of benzene rings is 2. The Kier molecular flexibility index (Phi) is 5.71. The molecule has 0 saturated heterocycles. The molecule has 126 valence electrons. The lowest BCUT2D eigenvalue weighted by Gasteiger charge is -2.01. The molecule has 0 saturated carbocycles. The Bertz CT molecular complexity index is 941. The Morgan fingerprint density at radius 2 is 1.76 bits per heavy atom. The number of hydrogen-bond donors (Lipinski definition) is 1.